The molecule has 0 saturated carbocycles. The van der Waals surface area contributed by atoms with Crippen molar-refractivity contribution in [2.45, 2.75) is 32.4 Å². The predicted molar refractivity (Wildman–Crippen MR) is 97.9 cm³/mol. The highest BCUT2D eigenvalue weighted by atomic mass is 16.5. The number of carbonyl (C=O) groups excluding carboxylic acids is 1. The number of nitrogens with one attached hydrogen (secondary N) is 1. The number of urea groups is 1. The number of rotatable bonds is 4. The first kappa shape index (κ1) is 17.3. The Morgan fingerprint density at radius 3 is 2.72 bits per heavy atom. The second-order valence-electron chi connectivity index (χ2n) is 6.43. The Bertz CT molecular complexity index is 745. The maximum atomic E-state index is 12.8. The molecular weight excluding hydrogens is 316 g/mol. The summed E-state index contributed by atoms with van der Waals surface area (Å²) >= 11 is 0. The SMILES string of the molecule is CC(C)Oc1ccccc1NC(=O)N1CCc2ccccc2C1CO. The molecule has 5 nitrogen and oxygen atoms in total. The highest BCUT2D eigenvalue weighted by Crippen LogP contribution is 2.31. The minimum Gasteiger partial charge on any atom is -0.489 e. The third-order valence-corrected chi connectivity index (χ3v) is 4.34. The standard InChI is InChI=1S/C20H24N2O3/c1-14(2)25-19-10-6-5-9-17(19)21-20(24)22-12-11-15-7-3-4-8-16(15)18(22)13-23/h3-10,14,18,23H,11-13H2,1-2H3,(H,21,24). The number of fused-ring (bicyclic) bond motifs is 1. The molecule has 1 aliphatic heterocycles. The van der Waals surface area contributed by atoms with Crippen molar-refractivity contribution >= 4 is 11.7 Å². The topological polar surface area (TPSA) is 61.8 Å². The van der Waals surface area contributed by atoms with Gasteiger partial charge in [-0.25, -0.2) is 4.79 Å². The Balaban J connectivity index is 1.80. The molecule has 1 aliphatic rings. The van der Waals surface area contributed by atoms with Gasteiger partial charge in [0, 0.05) is 6.54 Å². The molecule has 1 atom stereocenters. The van der Waals surface area contributed by atoms with Gasteiger partial charge < -0.3 is 20.1 Å². The van der Waals surface area contributed by atoms with Crippen molar-refractivity contribution in [3.63, 3.8) is 0 Å². The molecule has 2 N–H and O–H groups in total. The molecule has 2 aromatic carbocycles. The average Bonchev–Trinajstić information content (AvgIpc) is 2.61. The molecule has 3 rings (SSSR count). The lowest BCUT2D eigenvalue weighted by Crippen LogP contribution is -2.43. The fourth-order valence-electron chi connectivity index (χ4n) is 3.21. The van der Waals surface area contributed by atoms with Crippen molar-refractivity contribution in [1.29, 1.82) is 0 Å². The van der Waals surface area contributed by atoms with Crippen LogP contribution in [-0.2, 0) is 6.42 Å². The van der Waals surface area contributed by atoms with Crippen LogP contribution in [0.15, 0.2) is 48.5 Å². The lowest BCUT2D eigenvalue weighted by atomic mass is 9.93. The van der Waals surface area contributed by atoms with Crippen LogP contribution < -0.4 is 10.1 Å². The molecule has 132 valence electrons. The van der Waals surface area contributed by atoms with Crippen LogP contribution in [0.1, 0.15) is 31.0 Å². The van der Waals surface area contributed by atoms with E-state index in [1.54, 1.807) is 4.90 Å². The van der Waals surface area contributed by atoms with Crippen LogP contribution >= 0.6 is 0 Å². The molecule has 0 radical (unpaired) electrons. The van der Waals surface area contributed by atoms with E-state index in [4.69, 9.17) is 4.74 Å². The van der Waals surface area contributed by atoms with Gasteiger partial charge in [-0.2, -0.15) is 0 Å². The van der Waals surface area contributed by atoms with Gasteiger partial charge in [0.2, 0.25) is 0 Å². The number of anilines is 1. The van der Waals surface area contributed by atoms with Crippen molar-refractivity contribution in [3.05, 3.63) is 59.7 Å². The van der Waals surface area contributed by atoms with Crippen molar-refractivity contribution < 1.29 is 14.6 Å². The predicted octanol–water partition coefficient (Wildman–Crippen LogP) is 3.60. The summed E-state index contributed by atoms with van der Waals surface area (Å²) in [6.07, 6.45) is 0.801. The van der Waals surface area contributed by atoms with E-state index in [0.29, 0.717) is 18.0 Å². The van der Waals surface area contributed by atoms with Crippen molar-refractivity contribution in [3.8, 4) is 5.75 Å². The molecule has 1 unspecified atom stereocenters. The van der Waals surface area contributed by atoms with E-state index >= 15 is 0 Å². The summed E-state index contributed by atoms with van der Waals surface area (Å²) in [7, 11) is 0. The molecule has 0 saturated heterocycles. The summed E-state index contributed by atoms with van der Waals surface area (Å²) in [4.78, 5) is 14.5. The van der Waals surface area contributed by atoms with Crippen LogP contribution in [0, 0.1) is 0 Å². The van der Waals surface area contributed by atoms with Gasteiger partial charge in [-0.1, -0.05) is 36.4 Å². The summed E-state index contributed by atoms with van der Waals surface area (Å²) in [6, 6.07) is 14.8. The van der Waals surface area contributed by atoms with E-state index in [9.17, 15) is 9.90 Å². The van der Waals surface area contributed by atoms with Gasteiger partial charge >= 0.3 is 6.03 Å². The van der Waals surface area contributed by atoms with Crippen LogP contribution in [0.4, 0.5) is 10.5 Å². The third kappa shape index (κ3) is 3.77. The molecule has 0 spiro atoms. The maximum Gasteiger partial charge on any atom is 0.322 e. The molecule has 2 aromatic rings. The zero-order valence-electron chi connectivity index (χ0n) is 14.6. The van der Waals surface area contributed by atoms with Crippen LogP contribution in [0.2, 0.25) is 0 Å². The van der Waals surface area contributed by atoms with E-state index in [1.165, 1.54) is 5.56 Å². The quantitative estimate of drug-likeness (QED) is 0.894. The number of nitrogens with zero attached hydrogens (tertiary/aromatic N) is 1. The highest BCUT2D eigenvalue weighted by Gasteiger charge is 2.30. The third-order valence-electron chi connectivity index (χ3n) is 4.34. The van der Waals surface area contributed by atoms with Gasteiger partial charge in [0.1, 0.15) is 5.75 Å². The number of aliphatic hydroxyl groups excluding tert-OH is 1. The summed E-state index contributed by atoms with van der Waals surface area (Å²) in [5, 5.41) is 12.8. The normalized spacial score (nSPS) is 16.5. The monoisotopic (exact) mass is 340 g/mol. The molecular formula is C20H24N2O3. The van der Waals surface area contributed by atoms with E-state index < -0.39 is 0 Å². The fourth-order valence-corrected chi connectivity index (χ4v) is 3.21. The Morgan fingerprint density at radius 2 is 1.96 bits per heavy atom. The lowest BCUT2D eigenvalue weighted by Gasteiger charge is -2.36. The van der Waals surface area contributed by atoms with Gasteiger partial charge in [-0.05, 0) is 43.5 Å². The first-order chi connectivity index (χ1) is 12.1. The number of aliphatic hydroxyl groups is 1. The van der Waals surface area contributed by atoms with Gasteiger partial charge in [0.15, 0.2) is 0 Å². The zero-order valence-corrected chi connectivity index (χ0v) is 14.6. The Hall–Kier alpha value is -2.53. The number of ether oxygens (including phenoxy) is 1. The number of benzene rings is 2. The molecule has 1 heterocycles. The van der Waals surface area contributed by atoms with Gasteiger partial charge in [0.25, 0.3) is 0 Å². The average molecular weight is 340 g/mol. The second kappa shape index (κ2) is 7.57. The maximum absolute atomic E-state index is 12.8. The summed E-state index contributed by atoms with van der Waals surface area (Å²) < 4.78 is 5.76. The van der Waals surface area contributed by atoms with Crippen molar-refractivity contribution in [2.75, 3.05) is 18.5 Å². The van der Waals surface area contributed by atoms with E-state index in [2.05, 4.69) is 11.4 Å². The van der Waals surface area contributed by atoms with Crippen LogP contribution in [-0.4, -0.2) is 35.3 Å². The molecule has 25 heavy (non-hydrogen) atoms. The first-order valence-corrected chi connectivity index (χ1v) is 8.62. The number of hydrogen-bond acceptors (Lipinski definition) is 3. The summed E-state index contributed by atoms with van der Waals surface area (Å²) in [5.41, 5.74) is 2.84. The molecule has 0 bridgehead atoms. The van der Waals surface area contributed by atoms with Gasteiger partial charge in [-0.3, -0.25) is 0 Å². The minimum absolute atomic E-state index is 0.0186. The number of hydrogen-bond donors (Lipinski definition) is 2. The highest BCUT2D eigenvalue weighted by molar-refractivity contribution is 5.91. The van der Waals surface area contributed by atoms with Crippen molar-refractivity contribution in [1.82, 2.24) is 4.90 Å². The molecule has 5 heteroatoms. The Labute approximate surface area is 148 Å². The van der Waals surface area contributed by atoms with Crippen LogP contribution in [0.3, 0.4) is 0 Å². The van der Waals surface area contributed by atoms with E-state index in [1.807, 2.05) is 56.3 Å². The fraction of sp³-hybridized carbons (Fsp3) is 0.350. The van der Waals surface area contributed by atoms with Crippen molar-refractivity contribution in [2.24, 2.45) is 0 Å². The Morgan fingerprint density at radius 1 is 1.24 bits per heavy atom. The molecule has 0 aliphatic carbocycles. The van der Waals surface area contributed by atoms with Crippen LogP contribution in [0.25, 0.3) is 0 Å². The number of amides is 2. The smallest absolute Gasteiger partial charge is 0.322 e. The molecule has 0 aromatic heterocycles. The molecule has 2 amide bonds. The van der Waals surface area contributed by atoms with Gasteiger partial charge in [-0.15, -0.1) is 0 Å². The summed E-state index contributed by atoms with van der Waals surface area (Å²) in [5.74, 6) is 0.642. The number of carbonyl (C=O) groups is 1. The second-order valence-corrected chi connectivity index (χ2v) is 6.43. The first-order valence-electron chi connectivity index (χ1n) is 8.62. The molecule has 0 fully saturated rings. The minimum atomic E-state index is -0.330. The van der Waals surface area contributed by atoms with Gasteiger partial charge in [0.05, 0.1) is 24.4 Å². The van der Waals surface area contributed by atoms with E-state index in [-0.39, 0.29) is 24.8 Å². The van der Waals surface area contributed by atoms with Crippen LogP contribution in [0.5, 0.6) is 5.75 Å². The zero-order chi connectivity index (χ0) is 17.8. The summed E-state index contributed by atoms with van der Waals surface area (Å²) in [6.45, 7) is 4.36. The lowest BCUT2D eigenvalue weighted by molar-refractivity contribution is 0.135. The number of para-hydroxylation sites is 2. The van der Waals surface area contributed by atoms with E-state index in [0.717, 1.165) is 12.0 Å². The largest absolute Gasteiger partial charge is 0.489 e. The Kier molecular flexibility index (Phi) is 5.24.